The first kappa shape index (κ1) is 8.08. The third-order valence-corrected chi connectivity index (χ3v) is 1.38. The minimum atomic E-state index is -0.537. The van der Waals surface area contributed by atoms with Gasteiger partial charge in [-0.3, -0.25) is 0 Å². The van der Waals surface area contributed by atoms with Crippen LogP contribution < -0.4 is 10.3 Å². The molecule has 0 aliphatic rings. The lowest BCUT2D eigenvalue weighted by atomic mass is 9.68. The number of ether oxygens (including phenoxy) is 1. The molecule has 0 atom stereocenters. The first-order chi connectivity index (χ1) is 5.24. The molecule has 0 aliphatic heterocycles. The van der Waals surface area contributed by atoms with Crippen molar-refractivity contribution in [1.82, 2.24) is 4.98 Å². The van der Waals surface area contributed by atoms with Gasteiger partial charge in [-0.25, -0.2) is 4.98 Å². The summed E-state index contributed by atoms with van der Waals surface area (Å²) in [6.07, 6.45) is 0. The Kier molecular flexibility index (Phi) is 2.49. The lowest BCUT2D eigenvalue weighted by Gasteiger charge is -2.01. The molecule has 0 aliphatic carbocycles. The summed E-state index contributed by atoms with van der Waals surface area (Å²) in [6, 6.07) is 5.30. The first-order valence-electron chi connectivity index (χ1n) is 3.43. The summed E-state index contributed by atoms with van der Waals surface area (Å²) < 4.78 is 4.88. The van der Waals surface area contributed by atoms with E-state index < -0.39 is 6.92 Å². The first-order valence-corrected chi connectivity index (χ1v) is 3.43. The van der Waals surface area contributed by atoms with Gasteiger partial charge in [0, 0.05) is 11.7 Å². The molecule has 0 spiro atoms. The van der Waals surface area contributed by atoms with Gasteiger partial charge < -0.3 is 9.76 Å². The molecule has 1 rings (SSSR count). The highest BCUT2D eigenvalue weighted by Gasteiger charge is 2.07. The van der Waals surface area contributed by atoms with Crippen LogP contribution in [0.15, 0.2) is 18.2 Å². The molecular formula is C7H10BNO2. The maximum absolute atomic E-state index is 9.13. The van der Waals surface area contributed by atoms with Gasteiger partial charge in [0.05, 0.1) is 7.11 Å². The Morgan fingerprint density at radius 1 is 1.55 bits per heavy atom. The molecule has 3 nitrogen and oxygen atoms in total. The summed E-state index contributed by atoms with van der Waals surface area (Å²) in [4.78, 5) is 4.02. The van der Waals surface area contributed by atoms with Crippen LogP contribution >= 0.6 is 0 Å². The lowest BCUT2D eigenvalue weighted by Crippen LogP contribution is -2.29. The Labute approximate surface area is 66.1 Å². The molecule has 1 N–H and O–H groups in total. The maximum atomic E-state index is 9.13. The SMILES string of the molecule is COc1cccc(B(C)O)n1. The monoisotopic (exact) mass is 151 g/mol. The second-order valence-electron chi connectivity index (χ2n) is 2.28. The normalized spacial score (nSPS) is 9.36. The van der Waals surface area contributed by atoms with Crippen LogP contribution in [0.5, 0.6) is 5.88 Å². The molecule has 0 aromatic carbocycles. The molecule has 0 fully saturated rings. The van der Waals surface area contributed by atoms with Crippen molar-refractivity contribution in [2.24, 2.45) is 0 Å². The largest absolute Gasteiger partial charge is 0.481 e. The number of methoxy groups -OCH3 is 1. The van der Waals surface area contributed by atoms with E-state index in [0.29, 0.717) is 11.5 Å². The topological polar surface area (TPSA) is 42.4 Å². The molecule has 0 bridgehead atoms. The van der Waals surface area contributed by atoms with E-state index in [2.05, 4.69) is 4.98 Å². The molecule has 1 aromatic heterocycles. The van der Waals surface area contributed by atoms with Crippen LogP contribution in [-0.4, -0.2) is 24.0 Å². The van der Waals surface area contributed by atoms with Crippen molar-refractivity contribution in [2.75, 3.05) is 7.11 Å². The van der Waals surface area contributed by atoms with Gasteiger partial charge in [0.2, 0.25) is 5.88 Å². The molecule has 1 heterocycles. The molecule has 0 saturated carbocycles. The number of hydrogen-bond acceptors (Lipinski definition) is 3. The number of pyridine rings is 1. The Balaban J connectivity index is 2.91. The second kappa shape index (κ2) is 3.39. The molecule has 0 amide bonds. The zero-order valence-corrected chi connectivity index (χ0v) is 6.61. The van der Waals surface area contributed by atoms with E-state index >= 15 is 0 Å². The fraction of sp³-hybridized carbons (Fsp3) is 0.286. The van der Waals surface area contributed by atoms with Crippen molar-refractivity contribution in [2.45, 2.75) is 6.82 Å². The van der Waals surface area contributed by atoms with Crippen LogP contribution in [-0.2, 0) is 0 Å². The lowest BCUT2D eigenvalue weighted by molar-refractivity contribution is 0.398. The predicted molar refractivity (Wildman–Crippen MR) is 44.3 cm³/mol. The summed E-state index contributed by atoms with van der Waals surface area (Å²) in [5, 5.41) is 9.13. The second-order valence-corrected chi connectivity index (χ2v) is 2.28. The van der Waals surface area contributed by atoms with Crippen molar-refractivity contribution in [1.29, 1.82) is 0 Å². The van der Waals surface area contributed by atoms with Crippen LogP contribution in [0.25, 0.3) is 0 Å². The van der Waals surface area contributed by atoms with Crippen LogP contribution in [0, 0.1) is 0 Å². The zero-order chi connectivity index (χ0) is 8.27. The van der Waals surface area contributed by atoms with Gasteiger partial charge in [0.25, 0.3) is 0 Å². The van der Waals surface area contributed by atoms with Crippen LogP contribution in [0.2, 0.25) is 6.82 Å². The number of rotatable bonds is 2. The Morgan fingerprint density at radius 3 is 2.82 bits per heavy atom. The Morgan fingerprint density at radius 2 is 2.27 bits per heavy atom. The maximum Gasteiger partial charge on any atom is 0.340 e. The molecule has 1 aromatic rings. The summed E-state index contributed by atoms with van der Waals surface area (Å²) in [5.41, 5.74) is 0.629. The average Bonchev–Trinajstić information content (AvgIpc) is 2.05. The molecule has 0 radical (unpaired) electrons. The summed E-state index contributed by atoms with van der Waals surface area (Å²) in [6.45, 7) is 1.13. The van der Waals surface area contributed by atoms with Gasteiger partial charge >= 0.3 is 6.92 Å². The van der Waals surface area contributed by atoms with E-state index in [4.69, 9.17) is 9.76 Å². The molecular weight excluding hydrogens is 141 g/mol. The van der Waals surface area contributed by atoms with Gasteiger partial charge in [-0.1, -0.05) is 12.9 Å². The molecule has 0 unspecified atom stereocenters. The number of aromatic nitrogens is 1. The van der Waals surface area contributed by atoms with E-state index in [1.165, 1.54) is 0 Å². The van der Waals surface area contributed by atoms with E-state index in [1.54, 1.807) is 32.1 Å². The quantitative estimate of drug-likeness (QED) is 0.600. The summed E-state index contributed by atoms with van der Waals surface area (Å²) in [5.74, 6) is 0.531. The van der Waals surface area contributed by atoms with Crippen molar-refractivity contribution < 1.29 is 9.76 Å². The smallest absolute Gasteiger partial charge is 0.340 e. The molecule has 58 valence electrons. The Bertz CT molecular complexity index is 240. The van der Waals surface area contributed by atoms with Crippen molar-refractivity contribution in [3.8, 4) is 5.88 Å². The molecule has 11 heavy (non-hydrogen) atoms. The van der Waals surface area contributed by atoms with Gasteiger partial charge in [-0.05, 0) is 6.07 Å². The van der Waals surface area contributed by atoms with Gasteiger partial charge in [0.15, 0.2) is 0 Å². The van der Waals surface area contributed by atoms with Crippen molar-refractivity contribution in [3.63, 3.8) is 0 Å². The van der Waals surface area contributed by atoms with Crippen molar-refractivity contribution in [3.05, 3.63) is 18.2 Å². The summed E-state index contributed by atoms with van der Waals surface area (Å²) in [7, 11) is 1.55. The van der Waals surface area contributed by atoms with E-state index in [0.717, 1.165) is 0 Å². The van der Waals surface area contributed by atoms with Gasteiger partial charge in [-0.15, -0.1) is 0 Å². The van der Waals surface area contributed by atoms with Gasteiger partial charge in [-0.2, -0.15) is 0 Å². The van der Waals surface area contributed by atoms with Crippen molar-refractivity contribution >= 4 is 12.5 Å². The average molecular weight is 151 g/mol. The fourth-order valence-electron chi connectivity index (χ4n) is 0.777. The van der Waals surface area contributed by atoms with E-state index in [1.807, 2.05) is 0 Å². The minimum absolute atomic E-state index is 0.531. The summed E-state index contributed by atoms with van der Waals surface area (Å²) >= 11 is 0. The van der Waals surface area contributed by atoms with Crippen LogP contribution in [0.3, 0.4) is 0 Å². The third kappa shape index (κ3) is 1.95. The standard InChI is InChI=1S/C7H10BNO2/c1-8(10)6-4-3-5-7(9-6)11-2/h3-5,10H,1-2H3. The van der Waals surface area contributed by atoms with Crippen LogP contribution in [0.4, 0.5) is 0 Å². The highest BCUT2D eigenvalue weighted by atomic mass is 16.5. The Hall–Kier alpha value is -1.03. The minimum Gasteiger partial charge on any atom is -0.481 e. The third-order valence-electron chi connectivity index (χ3n) is 1.38. The van der Waals surface area contributed by atoms with Crippen LogP contribution in [0.1, 0.15) is 0 Å². The highest BCUT2D eigenvalue weighted by molar-refractivity contribution is 6.63. The zero-order valence-electron chi connectivity index (χ0n) is 6.61. The van der Waals surface area contributed by atoms with Gasteiger partial charge in [0.1, 0.15) is 0 Å². The van der Waals surface area contributed by atoms with E-state index in [9.17, 15) is 0 Å². The fourth-order valence-corrected chi connectivity index (χ4v) is 0.777. The number of nitrogens with zero attached hydrogens (tertiary/aromatic N) is 1. The molecule has 0 saturated heterocycles. The molecule has 4 heteroatoms. The predicted octanol–water partition coefficient (Wildman–Crippen LogP) is -0.0892. The number of hydrogen-bond donors (Lipinski definition) is 1. The highest BCUT2D eigenvalue weighted by Crippen LogP contribution is 1.99. The van der Waals surface area contributed by atoms with E-state index in [-0.39, 0.29) is 0 Å².